The second kappa shape index (κ2) is 6.10. The van der Waals surface area contributed by atoms with Crippen molar-refractivity contribution in [2.45, 2.75) is 4.90 Å². The second-order valence-electron chi connectivity index (χ2n) is 4.69. The van der Waals surface area contributed by atoms with Crippen LogP contribution < -0.4 is 0 Å². The van der Waals surface area contributed by atoms with Gasteiger partial charge in [-0.15, -0.1) is 11.8 Å². The average molecular weight is 296 g/mol. The molecule has 3 aromatic carbocycles. The van der Waals surface area contributed by atoms with Crippen LogP contribution in [-0.2, 0) is 0 Å². The van der Waals surface area contributed by atoms with Crippen LogP contribution in [-0.4, -0.2) is 11.5 Å². The van der Waals surface area contributed by atoms with E-state index in [0.717, 1.165) is 21.2 Å². The van der Waals surface area contributed by atoms with Crippen LogP contribution in [0.15, 0.2) is 71.6 Å². The molecule has 0 unspecified atom stereocenters. The van der Waals surface area contributed by atoms with Gasteiger partial charge in [-0.3, -0.25) is 4.79 Å². The van der Waals surface area contributed by atoms with Gasteiger partial charge in [0.05, 0.1) is 5.75 Å². The summed E-state index contributed by atoms with van der Waals surface area (Å²) in [6.45, 7) is 0. The minimum atomic E-state index is -0.264. The summed E-state index contributed by atoms with van der Waals surface area (Å²) in [6.07, 6.45) is 0. The highest BCUT2D eigenvalue weighted by Crippen LogP contribution is 2.23. The first kappa shape index (κ1) is 13.8. The Labute approximate surface area is 126 Å². The zero-order chi connectivity index (χ0) is 14.7. The Morgan fingerprint density at radius 2 is 1.62 bits per heavy atom. The Kier molecular flexibility index (Phi) is 4.02. The molecule has 0 atom stereocenters. The number of hydrogen-bond donors (Lipinski definition) is 0. The van der Waals surface area contributed by atoms with E-state index in [1.807, 2.05) is 42.5 Å². The molecule has 0 aliphatic heterocycles. The first-order chi connectivity index (χ1) is 10.2. The molecule has 21 heavy (non-hydrogen) atoms. The number of hydrogen-bond acceptors (Lipinski definition) is 2. The Balaban J connectivity index is 1.79. The Morgan fingerprint density at radius 1 is 0.905 bits per heavy atom. The minimum Gasteiger partial charge on any atom is -0.293 e. The van der Waals surface area contributed by atoms with E-state index in [1.165, 1.54) is 23.9 Å². The van der Waals surface area contributed by atoms with E-state index in [2.05, 4.69) is 0 Å². The van der Waals surface area contributed by atoms with Gasteiger partial charge in [-0.2, -0.15) is 0 Å². The highest BCUT2D eigenvalue weighted by molar-refractivity contribution is 8.00. The smallest absolute Gasteiger partial charge is 0.173 e. The van der Waals surface area contributed by atoms with Crippen molar-refractivity contribution in [2.24, 2.45) is 0 Å². The molecule has 0 radical (unpaired) electrons. The fraction of sp³-hybridized carbons (Fsp3) is 0.0556. The van der Waals surface area contributed by atoms with Crippen molar-refractivity contribution in [3.05, 3.63) is 78.1 Å². The number of benzene rings is 3. The molecule has 0 saturated heterocycles. The molecule has 0 saturated carbocycles. The maximum Gasteiger partial charge on any atom is 0.173 e. The Hall–Kier alpha value is -2.13. The lowest BCUT2D eigenvalue weighted by atomic mass is 10.0. The molecule has 0 amide bonds. The third kappa shape index (κ3) is 3.14. The number of Topliss-reactive ketones (excluding diaryl/α,β-unsaturated/α-hetero) is 1. The largest absolute Gasteiger partial charge is 0.293 e. The summed E-state index contributed by atoms with van der Waals surface area (Å²) >= 11 is 1.42. The first-order valence-corrected chi connectivity index (χ1v) is 7.62. The molecule has 0 spiro atoms. The van der Waals surface area contributed by atoms with Gasteiger partial charge < -0.3 is 0 Å². The van der Waals surface area contributed by atoms with Crippen molar-refractivity contribution in [3.63, 3.8) is 0 Å². The summed E-state index contributed by atoms with van der Waals surface area (Å²) < 4.78 is 12.8. The van der Waals surface area contributed by atoms with Crippen molar-refractivity contribution < 1.29 is 9.18 Å². The number of halogens is 1. The molecule has 0 bridgehead atoms. The molecule has 0 aliphatic rings. The summed E-state index contributed by atoms with van der Waals surface area (Å²) in [6, 6.07) is 19.8. The van der Waals surface area contributed by atoms with E-state index in [9.17, 15) is 9.18 Å². The summed E-state index contributed by atoms with van der Waals surface area (Å²) in [5.41, 5.74) is 0.739. The fourth-order valence-corrected chi connectivity index (χ4v) is 3.01. The maximum atomic E-state index is 12.8. The van der Waals surface area contributed by atoms with E-state index >= 15 is 0 Å². The molecular formula is C18H13FOS. The lowest BCUT2D eigenvalue weighted by molar-refractivity contribution is 0.102. The second-order valence-corrected chi connectivity index (χ2v) is 5.74. The third-order valence-electron chi connectivity index (χ3n) is 3.27. The van der Waals surface area contributed by atoms with Crippen LogP contribution in [0.5, 0.6) is 0 Å². The van der Waals surface area contributed by atoms with Crippen LogP contribution in [0, 0.1) is 5.82 Å². The third-order valence-corrected chi connectivity index (χ3v) is 4.29. The van der Waals surface area contributed by atoms with Crippen molar-refractivity contribution >= 4 is 28.3 Å². The molecule has 0 aromatic heterocycles. The SMILES string of the molecule is O=C(CSc1ccc(F)cc1)c1cccc2ccccc12. The van der Waals surface area contributed by atoms with E-state index < -0.39 is 0 Å². The molecule has 0 heterocycles. The van der Waals surface area contributed by atoms with Gasteiger partial charge in [-0.05, 0) is 35.0 Å². The number of carbonyl (C=O) groups is 1. The lowest BCUT2D eigenvalue weighted by Gasteiger charge is -2.06. The molecule has 3 heteroatoms. The first-order valence-electron chi connectivity index (χ1n) is 6.63. The topological polar surface area (TPSA) is 17.1 Å². The summed E-state index contributed by atoms with van der Waals surface area (Å²) in [7, 11) is 0. The van der Waals surface area contributed by atoms with E-state index in [0.29, 0.717) is 5.75 Å². The van der Waals surface area contributed by atoms with Crippen LogP contribution in [0.3, 0.4) is 0 Å². The standard InChI is InChI=1S/C18H13FOS/c19-14-8-10-15(11-9-14)21-12-18(20)17-7-3-5-13-4-1-2-6-16(13)17/h1-11H,12H2. The summed E-state index contributed by atoms with van der Waals surface area (Å²) in [5.74, 6) is 0.167. The molecule has 104 valence electrons. The molecule has 0 fully saturated rings. The van der Waals surface area contributed by atoms with Gasteiger partial charge >= 0.3 is 0 Å². The lowest BCUT2D eigenvalue weighted by Crippen LogP contribution is -2.03. The van der Waals surface area contributed by atoms with Crippen molar-refractivity contribution in [1.29, 1.82) is 0 Å². The highest BCUT2D eigenvalue weighted by atomic mass is 32.2. The van der Waals surface area contributed by atoms with Crippen molar-refractivity contribution in [1.82, 2.24) is 0 Å². The number of carbonyl (C=O) groups excluding carboxylic acids is 1. The predicted molar refractivity (Wildman–Crippen MR) is 85.4 cm³/mol. The maximum absolute atomic E-state index is 12.8. The van der Waals surface area contributed by atoms with Gasteiger partial charge in [0.15, 0.2) is 5.78 Å². The summed E-state index contributed by atoms with van der Waals surface area (Å²) in [5, 5.41) is 2.04. The number of rotatable bonds is 4. The quantitative estimate of drug-likeness (QED) is 0.500. The highest BCUT2D eigenvalue weighted by Gasteiger charge is 2.10. The van der Waals surface area contributed by atoms with Crippen LogP contribution in [0.25, 0.3) is 10.8 Å². The molecule has 3 aromatic rings. The molecular weight excluding hydrogens is 283 g/mol. The van der Waals surface area contributed by atoms with Gasteiger partial charge in [-0.25, -0.2) is 4.39 Å². The Bertz CT molecular complexity index is 775. The van der Waals surface area contributed by atoms with Crippen LogP contribution in [0.4, 0.5) is 4.39 Å². The van der Waals surface area contributed by atoms with Crippen molar-refractivity contribution in [2.75, 3.05) is 5.75 Å². The molecule has 1 nitrogen and oxygen atoms in total. The van der Waals surface area contributed by atoms with Crippen molar-refractivity contribution in [3.8, 4) is 0 Å². The van der Waals surface area contributed by atoms with Gasteiger partial charge in [0, 0.05) is 10.5 Å². The average Bonchev–Trinajstić information content (AvgIpc) is 2.53. The predicted octanol–water partition coefficient (Wildman–Crippen LogP) is 4.95. The molecule has 0 aliphatic carbocycles. The number of ketones is 1. The monoisotopic (exact) mass is 296 g/mol. The summed E-state index contributed by atoms with van der Waals surface area (Å²) in [4.78, 5) is 13.3. The Morgan fingerprint density at radius 3 is 2.43 bits per heavy atom. The number of fused-ring (bicyclic) bond motifs is 1. The van der Waals surface area contributed by atoms with Gasteiger partial charge in [-0.1, -0.05) is 42.5 Å². The van der Waals surface area contributed by atoms with Crippen LogP contribution in [0.1, 0.15) is 10.4 Å². The minimum absolute atomic E-state index is 0.0844. The normalized spacial score (nSPS) is 10.7. The zero-order valence-corrected chi connectivity index (χ0v) is 12.1. The zero-order valence-electron chi connectivity index (χ0n) is 11.3. The van der Waals surface area contributed by atoms with Gasteiger partial charge in [0.1, 0.15) is 5.82 Å². The van der Waals surface area contributed by atoms with E-state index in [-0.39, 0.29) is 11.6 Å². The van der Waals surface area contributed by atoms with E-state index in [1.54, 1.807) is 12.1 Å². The fourth-order valence-electron chi connectivity index (χ4n) is 2.23. The number of thioether (sulfide) groups is 1. The van der Waals surface area contributed by atoms with Crippen LogP contribution >= 0.6 is 11.8 Å². The molecule has 3 rings (SSSR count). The van der Waals surface area contributed by atoms with Crippen LogP contribution in [0.2, 0.25) is 0 Å². The molecule has 0 N–H and O–H groups in total. The van der Waals surface area contributed by atoms with Gasteiger partial charge in [0.25, 0.3) is 0 Å². The van der Waals surface area contributed by atoms with Gasteiger partial charge in [0.2, 0.25) is 0 Å². The van der Waals surface area contributed by atoms with E-state index in [4.69, 9.17) is 0 Å².